The molecule has 6 nitrogen and oxygen atoms in total. The molecule has 1 atom stereocenters. The molecule has 0 aromatic heterocycles. The van der Waals surface area contributed by atoms with Crippen molar-refractivity contribution in [2.75, 3.05) is 7.11 Å². The summed E-state index contributed by atoms with van der Waals surface area (Å²) in [5.41, 5.74) is 4.61. The number of ether oxygens (including phenoxy) is 2. The Bertz CT molecular complexity index is 959. The first kappa shape index (κ1) is 20.1. The molecule has 0 fully saturated rings. The summed E-state index contributed by atoms with van der Waals surface area (Å²) in [6.07, 6.45) is 0.190. The first-order valence-corrected chi connectivity index (χ1v) is 9.08. The van der Waals surface area contributed by atoms with Gasteiger partial charge < -0.3 is 14.6 Å². The molecule has 0 saturated carbocycles. The first-order chi connectivity index (χ1) is 14.2. The van der Waals surface area contributed by atoms with Crippen LogP contribution in [0.1, 0.15) is 22.8 Å². The monoisotopic (exact) mass is 390 g/mol. The summed E-state index contributed by atoms with van der Waals surface area (Å²) in [6, 6.07) is 23.8. The van der Waals surface area contributed by atoms with Gasteiger partial charge in [-0.1, -0.05) is 60.7 Å². The molecule has 0 aliphatic rings. The van der Waals surface area contributed by atoms with Crippen LogP contribution in [-0.4, -0.2) is 24.3 Å². The van der Waals surface area contributed by atoms with Crippen molar-refractivity contribution in [2.45, 2.75) is 12.7 Å². The Morgan fingerprint density at radius 3 is 2.41 bits per heavy atom. The van der Waals surface area contributed by atoms with Crippen molar-refractivity contribution in [1.82, 2.24) is 5.43 Å². The fourth-order valence-corrected chi connectivity index (χ4v) is 2.64. The number of methoxy groups -OCH3 is 1. The van der Waals surface area contributed by atoms with Crippen LogP contribution in [0.5, 0.6) is 11.5 Å². The number of rotatable bonds is 8. The fraction of sp³-hybridized carbons (Fsp3) is 0.130. The van der Waals surface area contributed by atoms with E-state index in [0.717, 1.165) is 5.56 Å². The maximum atomic E-state index is 12.0. The highest BCUT2D eigenvalue weighted by molar-refractivity contribution is 5.85. The van der Waals surface area contributed by atoms with Crippen molar-refractivity contribution in [3.63, 3.8) is 0 Å². The topological polar surface area (TPSA) is 80.2 Å². The predicted molar refractivity (Wildman–Crippen MR) is 111 cm³/mol. The molecule has 1 amide bonds. The van der Waals surface area contributed by atoms with Crippen LogP contribution in [-0.2, 0) is 11.4 Å². The number of nitrogens with zero attached hydrogens (tertiary/aromatic N) is 1. The smallest absolute Gasteiger partial charge is 0.273 e. The number of hydrogen-bond acceptors (Lipinski definition) is 5. The molecule has 0 aliphatic carbocycles. The third-order valence-electron chi connectivity index (χ3n) is 4.18. The second-order valence-electron chi connectivity index (χ2n) is 6.23. The Hall–Kier alpha value is -3.64. The number of nitrogens with one attached hydrogen (secondary N) is 1. The van der Waals surface area contributed by atoms with Crippen LogP contribution in [0.4, 0.5) is 0 Å². The summed E-state index contributed by atoms with van der Waals surface area (Å²) in [4.78, 5) is 12.0. The molecular formula is C23H22N2O4. The third kappa shape index (κ3) is 5.67. The zero-order valence-corrected chi connectivity index (χ0v) is 16.0. The molecule has 2 N–H and O–H groups in total. The van der Waals surface area contributed by atoms with Crippen LogP contribution in [0.25, 0.3) is 0 Å². The number of carbonyl (C=O) groups is 1. The lowest BCUT2D eigenvalue weighted by atomic mass is 10.1. The van der Waals surface area contributed by atoms with E-state index in [4.69, 9.17) is 9.47 Å². The van der Waals surface area contributed by atoms with Gasteiger partial charge >= 0.3 is 0 Å². The second kappa shape index (κ2) is 10.1. The van der Waals surface area contributed by atoms with Gasteiger partial charge in [-0.2, -0.15) is 5.10 Å². The molecule has 6 heteroatoms. The van der Waals surface area contributed by atoms with Gasteiger partial charge in [-0.25, -0.2) is 5.43 Å². The minimum absolute atomic E-state index is 0.429. The Morgan fingerprint density at radius 2 is 1.72 bits per heavy atom. The Kier molecular flexibility index (Phi) is 6.97. The fourth-order valence-electron chi connectivity index (χ4n) is 2.64. The van der Waals surface area contributed by atoms with Crippen LogP contribution in [0, 0.1) is 0 Å². The molecule has 0 aliphatic heterocycles. The highest BCUT2D eigenvalue weighted by Gasteiger charge is 2.16. The Labute approximate surface area is 169 Å². The maximum Gasteiger partial charge on any atom is 0.273 e. The molecule has 29 heavy (non-hydrogen) atoms. The molecule has 0 saturated heterocycles. The summed E-state index contributed by atoms with van der Waals surface area (Å²) >= 11 is 0. The number of hydrogen-bond donors (Lipinski definition) is 2. The minimum atomic E-state index is -1.28. The van der Waals surface area contributed by atoms with E-state index in [1.165, 1.54) is 6.21 Å². The van der Waals surface area contributed by atoms with Crippen LogP contribution in [0.2, 0.25) is 0 Å². The summed E-state index contributed by atoms with van der Waals surface area (Å²) in [5, 5.41) is 13.9. The van der Waals surface area contributed by atoms with Crippen LogP contribution in [0.3, 0.4) is 0 Å². The second-order valence-corrected chi connectivity index (χ2v) is 6.23. The van der Waals surface area contributed by atoms with E-state index in [2.05, 4.69) is 10.5 Å². The van der Waals surface area contributed by atoms with Crippen LogP contribution >= 0.6 is 0 Å². The van der Waals surface area contributed by atoms with Crippen molar-refractivity contribution in [2.24, 2.45) is 5.10 Å². The average molecular weight is 390 g/mol. The van der Waals surface area contributed by atoms with E-state index >= 15 is 0 Å². The van der Waals surface area contributed by atoms with Gasteiger partial charge in [0.1, 0.15) is 6.61 Å². The molecule has 0 spiro atoms. The average Bonchev–Trinajstić information content (AvgIpc) is 2.78. The Morgan fingerprint density at radius 1 is 1.03 bits per heavy atom. The quantitative estimate of drug-likeness (QED) is 0.456. The predicted octanol–water partition coefficient (Wildman–Crippen LogP) is 3.46. The lowest BCUT2D eigenvalue weighted by Crippen LogP contribution is -2.25. The number of aliphatic hydroxyl groups excluding tert-OH is 1. The molecule has 0 bridgehead atoms. The van der Waals surface area contributed by atoms with Gasteiger partial charge in [0.2, 0.25) is 0 Å². The minimum Gasteiger partial charge on any atom is -0.493 e. The lowest BCUT2D eigenvalue weighted by molar-refractivity contribution is -0.129. The lowest BCUT2D eigenvalue weighted by Gasteiger charge is -2.11. The van der Waals surface area contributed by atoms with Gasteiger partial charge in [0.15, 0.2) is 17.6 Å². The molecular weight excluding hydrogens is 368 g/mol. The zero-order valence-electron chi connectivity index (χ0n) is 16.0. The van der Waals surface area contributed by atoms with Crippen LogP contribution < -0.4 is 14.9 Å². The van der Waals surface area contributed by atoms with Crippen molar-refractivity contribution in [1.29, 1.82) is 0 Å². The van der Waals surface area contributed by atoms with Gasteiger partial charge in [0.05, 0.1) is 13.3 Å². The number of benzene rings is 3. The van der Waals surface area contributed by atoms with Crippen molar-refractivity contribution in [3.8, 4) is 11.5 Å². The Balaban J connectivity index is 1.60. The molecule has 3 rings (SSSR count). The van der Waals surface area contributed by atoms with Gasteiger partial charge in [-0.15, -0.1) is 0 Å². The van der Waals surface area contributed by atoms with Crippen LogP contribution in [0.15, 0.2) is 84.0 Å². The van der Waals surface area contributed by atoms with Crippen molar-refractivity contribution < 1.29 is 19.4 Å². The van der Waals surface area contributed by atoms with Gasteiger partial charge in [-0.3, -0.25) is 4.79 Å². The third-order valence-corrected chi connectivity index (χ3v) is 4.18. The van der Waals surface area contributed by atoms with E-state index in [9.17, 15) is 9.90 Å². The molecule has 3 aromatic carbocycles. The molecule has 0 radical (unpaired) electrons. The highest BCUT2D eigenvalue weighted by Crippen LogP contribution is 2.28. The first-order valence-electron chi connectivity index (χ1n) is 9.08. The van der Waals surface area contributed by atoms with Gasteiger partial charge in [0, 0.05) is 0 Å². The number of carbonyl (C=O) groups excluding carboxylic acids is 1. The van der Waals surface area contributed by atoms with E-state index in [-0.39, 0.29) is 0 Å². The maximum absolute atomic E-state index is 12.0. The molecule has 148 valence electrons. The van der Waals surface area contributed by atoms with Gasteiger partial charge in [-0.05, 0) is 34.9 Å². The summed E-state index contributed by atoms with van der Waals surface area (Å²) < 4.78 is 11.2. The molecule has 1 unspecified atom stereocenters. The zero-order chi connectivity index (χ0) is 20.5. The van der Waals surface area contributed by atoms with Crippen molar-refractivity contribution in [3.05, 3.63) is 95.6 Å². The van der Waals surface area contributed by atoms with E-state index in [1.807, 2.05) is 36.4 Å². The number of hydrazone groups is 1. The molecule has 3 aromatic rings. The number of aliphatic hydroxyl groups is 1. The largest absolute Gasteiger partial charge is 0.493 e. The van der Waals surface area contributed by atoms with Gasteiger partial charge in [0.25, 0.3) is 5.91 Å². The highest BCUT2D eigenvalue weighted by atomic mass is 16.5. The standard InChI is InChI=1S/C23H22N2O4/c1-28-21-14-18(12-13-20(21)29-16-17-8-4-2-5-9-17)15-24-25-23(27)22(26)19-10-6-3-7-11-19/h2-15,22,26H,16H2,1H3,(H,25,27)/b24-15+. The summed E-state index contributed by atoms with van der Waals surface area (Å²) in [7, 11) is 1.56. The SMILES string of the molecule is COc1cc(/C=N/NC(=O)C(O)c2ccccc2)ccc1OCc1ccccc1. The summed E-state index contributed by atoms with van der Waals surface area (Å²) in [5.74, 6) is 0.555. The molecule has 0 heterocycles. The van der Waals surface area contributed by atoms with Crippen molar-refractivity contribution >= 4 is 12.1 Å². The van der Waals surface area contributed by atoms with E-state index in [0.29, 0.717) is 29.2 Å². The normalized spacial score (nSPS) is 11.8. The van der Waals surface area contributed by atoms with E-state index in [1.54, 1.807) is 49.6 Å². The number of amides is 1. The van der Waals surface area contributed by atoms with E-state index < -0.39 is 12.0 Å². The summed E-state index contributed by atoms with van der Waals surface area (Å²) in [6.45, 7) is 0.429.